The Labute approximate surface area is 298 Å². The maximum atomic E-state index is 13.9. The molecule has 0 aliphatic rings. The van der Waals surface area contributed by atoms with E-state index in [9.17, 15) is 22.8 Å². The molecule has 2 heterocycles. The number of amides is 3. The summed E-state index contributed by atoms with van der Waals surface area (Å²) in [7, 11) is -1.17. The summed E-state index contributed by atoms with van der Waals surface area (Å²) in [4.78, 5) is 48.3. The Kier molecular flexibility index (Phi) is 10.7. The molecule has 2 N–H and O–H groups in total. The topological polar surface area (TPSA) is 129 Å². The van der Waals surface area contributed by atoms with Crippen molar-refractivity contribution in [2.24, 2.45) is 0 Å². The number of sulfonamides is 1. The van der Waals surface area contributed by atoms with Crippen LogP contribution < -0.4 is 19.8 Å². The van der Waals surface area contributed by atoms with Crippen molar-refractivity contribution < 1.29 is 22.8 Å². The first-order valence-corrected chi connectivity index (χ1v) is 19.2. The molecule has 0 aliphatic carbocycles. The molecule has 3 amide bonds. The average molecular weight is 726 g/mol. The molecule has 0 saturated carbocycles. The first kappa shape index (κ1) is 34.9. The molecule has 6 rings (SSSR count). The monoisotopic (exact) mass is 725 g/mol. The summed E-state index contributed by atoms with van der Waals surface area (Å²) in [5.41, 5.74) is 5.16. The largest absolute Gasteiger partial charge is 0.343 e. The third kappa shape index (κ3) is 8.43. The summed E-state index contributed by atoms with van der Waals surface area (Å²) in [6, 6.07) is 29.0. The molecule has 2 atom stereocenters. The lowest BCUT2D eigenvalue weighted by Crippen LogP contribution is -2.53. The smallest absolute Gasteiger partial charge is 0.249 e. The lowest BCUT2D eigenvalue weighted by molar-refractivity contribution is -0.126. The summed E-state index contributed by atoms with van der Waals surface area (Å²) >= 11 is 3.07. The Morgan fingerprint density at radius 1 is 0.720 bits per heavy atom. The first-order chi connectivity index (χ1) is 24.1. The zero-order chi connectivity index (χ0) is 35.3. The van der Waals surface area contributed by atoms with Crippen molar-refractivity contribution in [2.45, 2.75) is 24.9 Å². The summed E-state index contributed by atoms with van der Waals surface area (Å²) in [5, 5.41) is 5.63. The Morgan fingerprint density at radius 3 is 1.96 bits per heavy atom. The highest BCUT2D eigenvalue weighted by molar-refractivity contribution is 7.90. The molecule has 13 heteroatoms. The Balaban J connectivity index is 1.20. The number of thiazole rings is 1. The quantitative estimate of drug-likeness (QED) is 0.164. The number of hydrogen-bond acceptors (Lipinski definition) is 8. The van der Waals surface area contributed by atoms with E-state index < -0.39 is 45.6 Å². The van der Waals surface area contributed by atoms with Gasteiger partial charge in [0.05, 0.1) is 15.7 Å². The molecular weight excluding hydrogens is 691 g/mol. The summed E-state index contributed by atoms with van der Waals surface area (Å²) in [6.07, 6.45) is 0.200. The van der Waals surface area contributed by atoms with Crippen LogP contribution in [0.3, 0.4) is 0 Å². The fourth-order valence-electron chi connectivity index (χ4n) is 5.69. The molecule has 0 unspecified atom stereocenters. The van der Waals surface area contributed by atoms with Crippen LogP contribution in [0.2, 0.25) is 0 Å². The van der Waals surface area contributed by atoms with Crippen LogP contribution in [0.25, 0.3) is 20.3 Å². The number of anilines is 2. The van der Waals surface area contributed by atoms with Gasteiger partial charge in [-0.25, -0.2) is 18.1 Å². The average Bonchev–Trinajstić information content (AvgIpc) is 3.79. The fourth-order valence-corrected chi connectivity index (χ4v) is 8.24. The second-order valence-electron chi connectivity index (χ2n) is 11.9. The number of fused-ring (bicyclic) bond motifs is 2. The predicted molar refractivity (Wildman–Crippen MR) is 201 cm³/mol. The number of thiophene rings is 1. The lowest BCUT2D eigenvalue weighted by atomic mass is 10.0. The number of carbonyl (C=O) groups is 3. The Bertz CT molecular complexity index is 2240. The number of nitrogens with zero attached hydrogens (tertiary/aromatic N) is 3. The number of benzene rings is 4. The van der Waals surface area contributed by atoms with E-state index in [0.29, 0.717) is 11.4 Å². The van der Waals surface area contributed by atoms with Crippen LogP contribution in [0.4, 0.5) is 11.4 Å². The normalized spacial score (nSPS) is 12.8. The van der Waals surface area contributed by atoms with E-state index in [2.05, 4.69) is 15.0 Å². The van der Waals surface area contributed by atoms with Crippen molar-refractivity contribution >= 4 is 82.1 Å². The molecule has 4 aromatic carbocycles. The van der Waals surface area contributed by atoms with Crippen LogP contribution in [0.1, 0.15) is 11.1 Å². The van der Waals surface area contributed by atoms with Gasteiger partial charge in [0.1, 0.15) is 17.8 Å². The van der Waals surface area contributed by atoms with Crippen LogP contribution in [-0.2, 0) is 37.2 Å². The zero-order valence-corrected chi connectivity index (χ0v) is 29.8. The third-order valence-corrected chi connectivity index (χ3v) is 11.3. The lowest BCUT2D eigenvalue weighted by Gasteiger charge is -2.26. The predicted octanol–water partition coefficient (Wildman–Crippen LogP) is 5.40. The van der Waals surface area contributed by atoms with Crippen molar-refractivity contribution in [3.8, 4) is 0 Å². The molecule has 0 bridgehead atoms. The van der Waals surface area contributed by atoms with E-state index in [-0.39, 0.29) is 12.8 Å². The number of likely N-dealkylation sites (N-methyl/N-ethyl adjacent to an activating group) is 2. The summed E-state index contributed by atoms with van der Waals surface area (Å²) in [6.45, 7) is 0. The van der Waals surface area contributed by atoms with Crippen LogP contribution in [0, 0.1) is 0 Å². The van der Waals surface area contributed by atoms with E-state index >= 15 is 0 Å². The Hall–Kier alpha value is -4.95. The highest BCUT2D eigenvalue weighted by Crippen LogP contribution is 2.27. The van der Waals surface area contributed by atoms with Gasteiger partial charge in [-0.1, -0.05) is 60.7 Å². The van der Waals surface area contributed by atoms with Crippen molar-refractivity contribution in [3.05, 3.63) is 125 Å². The van der Waals surface area contributed by atoms with Gasteiger partial charge in [0.25, 0.3) is 0 Å². The molecular formula is C37H35N5O5S3. The van der Waals surface area contributed by atoms with E-state index in [0.717, 1.165) is 31.4 Å². The summed E-state index contributed by atoms with van der Waals surface area (Å²) in [5.74, 6) is -2.77. The fraction of sp³-hybridized carbons (Fsp3) is 0.189. The van der Waals surface area contributed by atoms with Gasteiger partial charge in [-0.3, -0.25) is 14.4 Å². The van der Waals surface area contributed by atoms with Gasteiger partial charge >= 0.3 is 0 Å². The standard InChI is InChI=1S/C37H35N5O5S3/c1-41(28-13-15-33-27(21-28)17-18-48-33)36(44)31(19-25-9-5-3-6-10-25)39-35(43)23-50(46,47)40-32(20-26-11-7-4-8-12-26)37(45)42(2)29-14-16-34-30(22-29)38-24-49-34/h3-18,21-22,24,31-32,40H,19-20,23H2,1-2H3,(H,39,43)/t31-,32-/m0/s1. The van der Waals surface area contributed by atoms with Crippen LogP contribution >= 0.6 is 22.7 Å². The second kappa shape index (κ2) is 15.3. The van der Waals surface area contributed by atoms with Gasteiger partial charge in [-0.15, -0.1) is 22.7 Å². The van der Waals surface area contributed by atoms with E-state index in [1.807, 2.05) is 72.1 Å². The second-order valence-corrected chi connectivity index (χ2v) is 15.5. The molecule has 2 aromatic heterocycles. The molecule has 0 fully saturated rings. The number of hydrogen-bond donors (Lipinski definition) is 2. The van der Waals surface area contributed by atoms with E-state index in [1.165, 1.54) is 21.1 Å². The zero-order valence-electron chi connectivity index (χ0n) is 27.4. The number of carbonyl (C=O) groups excluding carboxylic acids is 3. The molecule has 0 spiro atoms. The highest BCUT2D eigenvalue weighted by Gasteiger charge is 2.32. The number of rotatable bonds is 13. The van der Waals surface area contributed by atoms with Gasteiger partial charge in [0, 0.05) is 36.6 Å². The van der Waals surface area contributed by atoms with Crippen molar-refractivity contribution in [2.75, 3.05) is 29.6 Å². The van der Waals surface area contributed by atoms with Gasteiger partial charge in [0.2, 0.25) is 27.7 Å². The molecule has 0 radical (unpaired) electrons. The maximum absolute atomic E-state index is 13.9. The molecule has 10 nitrogen and oxygen atoms in total. The molecule has 6 aromatic rings. The number of aromatic nitrogens is 1. The van der Waals surface area contributed by atoms with E-state index in [1.54, 1.807) is 67.3 Å². The highest BCUT2D eigenvalue weighted by atomic mass is 32.2. The van der Waals surface area contributed by atoms with Gasteiger partial charge in [-0.05, 0) is 70.8 Å². The minimum Gasteiger partial charge on any atom is -0.343 e. The maximum Gasteiger partial charge on any atom is 0.249 e. The van der Waals surface area contributed by atoms with Gasteiger partial charge < -0.3 is 15.1 Å². The van der Waals surface area contributed by atoms with Crippen molar-refractivity contribution in [3.63, 3.8) is 0 Å². The van der Waals surface area contributed by atoms with Crippen LogP contribution in [0.5, 0.6) is 0 Å². The minimum absolute atomic E-state index is 0.0538. The van der Waals surface area contributed by atoms with E-state index in [4.69, 9.17) is 0 Å². The molecule has 0 aliphatic heterocycles. The van der Waals surface area contributed by atoms with Crippen molar-refractivity contribution in [1.82, 2.24) is 15.0 Å². The Morgan fingerprint density at radius 2 is 1.30 bits per heavy atom. The van der Waals surface area contributed by atoms with Gasteiger partial charge in [0.15, 0.2) is 0 Å². The first-order valence-electron chi connectivity index (χ1n) is 15.8. The summed E-state index contributed by atoms with van der Waals surface area (Å²) < 4.78 is 31.6. The van der Waals surface area contributed by atoms with Crippen LogP contribution in [-0.4, -0.2) is 63.1 Å². The molecule has 256 valence electrons. The minimum atomic E-state index is -4.37. The van der Waals surface area contributed by atoms with Crippen molar-refractivity contribution in [1.29, 1.82) is 0 Å². The molecule has 0 saturated heterocycles. The number of nitrogens with one attached hydrogen (secondary N) is 2. The SMILES string of the molecule is CN(C(=O)[C@H](Cc1ccccc1)NC(=O)CS(=O)(=O)N[C@@H](Cc1ccccc1)C(=O)N(C)c1ccc2scnc2c1)c1ccc2sccc2c1. The van der Waals surface area contributed by atoms with Crippen LogP contribution in [0.15, 0.2) is 114 Å². The molecule has 50 heavy (non-hydrogen) atoms. The third-order valence-electron chi connectivity index (χ3n) is 8.33. The van der Waals surface area contributed by atoms with Gasteiger partial charge in [-0.2, -0.15) is 0 Å².